The molecule has 0 spiro atoms. The molecule has 3 atom stereocenters. The molecule has 1 amide bonds. The molecule has 2 aromatic rings. The van der Waals surface area contributed by atoms with Gasteiger partial charge in [0.05, 0.1) is 26.7 Å². The van der Waals surface area contributed by atoms with Gasteiger partial charge in [0.15, 0.2) is 11.5 Å². The third kappa shape index (κ3) is 6.45. The number of fused-ring (bicyclic) bond motifs is 1. The van der Waals surface area contributed by atoms with Crippen LogP contribution in [-0.2, 0) is 16.0 Å². The maximum Gasteiger partial charge on any atom is 0.308 e. The molecule has 40 heavy (non-hydrogen) atoms. The van der Waals surface area contributed by atoms with Crippen LogP contribution in [0.4, 0.5) is 0 Å². The number of amides is 1. The summed E-state index contributed by atoms with van der Waals surface area (Å²) in [6, 6.07) is 11.1. The third-order valence-electron chi connectivity index (χ3n) is 7.92. The molecule has 1 fully saturated rings. The number of nitrogens with two attached hydrogens (primary N) is 1. The van der Waals surface area contributed by atoms with Gasteiger partial charge >= 0.3 is 5.97 Å². The molecule has 1 saturated heterocycles. The van der Waals surface area contributed by atoms with E-state index >= 15 is 0 Å². The van der Waals surface area contributed by atoms with E-state index < -0.39 is 11.9 Å². The molecule has 0 aromatic heterocycles. The van der Waals surface area contributed by atoms with Crippen LogP contribution in [0.3, 0.4) is 0 Å². The van der Waals surface area contributed by atoms with Crippen molar-refractivity contribution < 1.29 is 33.6 Å². The number of aryl methyl sites for hydroxylation is 1. The summed E-state index contributed by atoms with van der Waals surface area (Å²) in [5, 5.41) is 10.5. The second kappa shape index (κ2) is 13.7. The van der Waals surface area contributed by atoms with Gasteiger partial charge in [-0.15, -0.1) is 0 Å². The van der Waals surface area contributed by atoms with Crippen LogP contribution in [0.25, 0.3) is 0 Å². The molecule has 0 saturated carbocycles. The molecule has 2 heterocycles. The van der Waals surface area contributed by atoms with Crippen molar-refractivity contribution in [2.45, 2.75) is 44.6 Å². The highest BCUT2D eigenvalue weighted by atomic mass is 16.7. The van der Waals surface area contributed by atoms with Crippen LogP contribution in [0.15, 0.2) is 36.4 Å². The maximum atomic E-state index is 13.5. The summed E-state index contributed by atoms with van der Waals surface area (Å²) < 4.78 is 22.3. The molecule has 2 aromatic carbocycles. The minimum Gasteiger partial charge on any atom is -0.496 e. The zero-order valence-electron chi connectivity index (χ0n) is 23.6. The summed E-state index contributed by atoms with van der Waals surface area (Å²) in [5.74, 6) is 0.266. The number of benzene rings is 2. The normalized spacial score (nSPS) is 19.9. The van der Waals surface area contributed by atoms with Crippen molar-refractivity contribution in [2.24, 2.45) is 11.7 Å². The van der Waals surface area contributed by atoms with Crippen LogP contribution in [-0.4, -0.2) is 86.6 Å². The molecule has 0 bridgehead atoms. The fourth-order valence-corrected chi connectivity index (χ4v) is 5.91. The van der Waals surface area contributed by atoms with E-state index in [1.165, 1.54) is 0 Å². The summed E-state index contributed by atoms with van der Waals surface area (Å²) >= 11 is 0. The van der Waals surface area contributed by atoms with Crippen molar-refractivity contribution in [3.63, 3.8) is 0 Å². The van der Waals surface area contributed by atoms with E-state index in [1.54, 1.807) is 19.1 Å². The first-order valence-corrected chi connectivity index (χ1v) is 14.0. The van der Waals surface area contributed by atoms with Gasteiger partial charge < -0.3 is 34.7 Å². The zero-order chi connectivity index (χ0) is 28.6. The lowest BCUT2D eigenvalue weighted by Crippen LogP contribution is -2.45. The number of para-hydroxylation sites is 1. The van der Waals surface area contributed by atoms with Gasteiger partial charge in [0, 0.05) is 38.1 Å². The summed E-state index contributed by atoms with van der Waals surface area (Å²) in [4.78, 5) is 30.2. The number of hydrogen-bond donors (Lipinski definition) is 2. The van der Waals surface area contributed by atoms with Crippen LogP contribution >= 0.6 is 0 Å². The summed E-state index contributed by atoms with van der Waals surface area (Å²) in [7, 11) is 3.18. The van der Waals surface area contributed by atoms with E-state index in [4.69, 9.17) is 24.7 Å². The van der Waals surface area contributed by atoms with E-state index in [-0.39, 0.29) is 31.2 Å². The number of carbonyl (C=O) groups excluding carboxylic acids is 1. The molecule has 4 rings (SSSR count). The second-order valence-corrected chi connectivity index (χ2v) is 10.3. The topological polar surface area (TPSA) is 124 Å². The second-order valence-electron chi connectivity index (χ2n) is 10.3. The van der Waals surface area contributed by atoms with Gasteiger partial charge in [-0.25, -0.2) is 0 Å². The Hall–Kier alpha value is -3.50. The molecule has 0 aliphatic carbocycles. The van der Waals surface area contributed by atoms with Crippen molar-refractivity contribution in [3.05, 3.63) is 47.5 Å². The van der Waals surface area contributed by atoms with E-state index in [1.807, 2.05) is 41.3 Å². The molecular formula is C30H41N3O7. The first-order chi connectivity index (χ1) is 19.4. The minimum absolute atomic E-state index is 0.0331. The Morgan fingerprint density at radius 1 is 1.12 bits per heavy atom. The smallest absolute Gasteiger partial charge is 0.308 e. The highest BCUT2D eigenvalue weighted by Crippen LogP contribution is 2.47. The lowest BCUT2D eigenvalue weighted by atomic mass is 9.83. The Bertz CT molecular complexity index is 1170. The Morgan fingerprint density at radius 3 is 2.60 bits per heavy atom. The van der Waals surface area contributed by atoms with E-state index in [0.717, 1.165) is 29.7 Å². The number of methoxy groups -OCH3 is 2. The van der Waals surface area contributed by atoms with Gasteiger partial charge in [0.2, 0.25) is 18.4 Å². The average molecular weight is 556 g/mol. The molecular weight excluding hydrogens is 514 g/mol. The molecule has 2 aliphatic rings. The lowest BCUT2D eigenvalue weighted by Gasteiger charge is -2.29. The van der Waals surface area contributed by atoms with Crippen LogP contribution in [0, 0.1) is 5.92 Å². The van der Waals surface area contributed by atoms with Crippen molar-refractivity contribution in [1.82, 2.24) is 9.80 Å². The lowest BCUT2D eigenvalue weighted by molar-refractivity contribution is -0.143. The molecule has 10 nitrogen and oxygen atoms in total. The minimum atomic E-state index is -0.897. The van der Waals surface area contributed by atoms with Gasteiger partial charge in [-0.05, 0) is 48.6 Å². The number of carbonyl (C=O) groups is 2. The Balaban J connectivity index is 1.66. The first kappa shape index (κ1) is 29.5. The number of carboxylic acid groups (broad SMARTS) is 1. The first-order valence-electron chi connectivity index (χ1n) is 14.0. The number of rotatable bonds is 14. The number of likely N-dealkylation sites (tertiary alicyclic amines) is 1. The van der Waals surface area contributed by atoms with Gasteiger partial charge in [0.1, 0.15) is 5.75 Å². The fourth-order valence-electron chi connectivity index (χ4n) is 5.91. The number of aliphatic carboxylic acids is 1. The van der Waals surface area contributed by atoms with Crippen LogP contribution in [0.1, 0.15) is 43.2 Å². The highest BCUT2D eigenvalue weighted by Gasteiger charge is 2.47. The SMILES string of the molecule is CCCCN(CCN)C(=O)CN1C[C@H](c2cc(OC)c3c(c2)OCO3)C(C(=O)O)[C@@H]1CCc1ccccc1OC. The predicted octanol–water partition coefficient (Wildman–Crippen LogP) is 3.12. The molecule has 218 valence electrons. The maximum absolute atomic E-state index is 13.5. The van der Waals surface area contributed by atoms with Crippen molar-refractivity contribution >= 4 is 11.9 Å². The van der Waals surface area contributed by atoms with E-state index in [9.17, 15) is 14.7 Å². The van der Waals surface area contributed by atoms with Gasteiger partial charge in [0.25, 0.3) is 0 Å². The van der Waals surface area contributed by atoms with Gasteiger partial charge in [-0.3, -0.25) is 14.5 Å². The fraction of sp³-hybridized carbons (Fsp3) is 0.533. The Morgan fingerprint density at radius 2 is 1.90 bits per heavy atom. The van der Waals surface area contributed by atoms with Gasteiger partial charge in [-0.1, -0.05) is 31.5 Å². The van der Waals surface area contributed by atoms with Crippen LogP contribution in [0.2, 0.25) is 0 Å². The molecule has 2 aliphatic heterocycles. The quantitative estimate of drug-likeness (QED) is 0.362. The van der Waals surface area contributed by atoms with Crippen molar-refractivity contribution in [1.29, 1.82) is 0 Å². The highest BCUT2D eigenvalue weighted by molar-refractivity contribution is 5.79. The number of ether oxygens (including phenoxy) is 4. The van der Waals surface area contributed by atoms with E-state index in [0.29, 0.717) is 56.3 Å². The van der Waals surface area contributed by atoms with Crippen molar-refractivity contribution in [2.75, 3.05) is 53.7 Å². The average Bonchev–Trinajstić information content (AvgIpc) is 3.58. The van der Waals surface area contributed by atoms with Crippen LogP contribution in [0.5, 0.6) is 23.0 Å². The summed E-state index contributed by atoms with van der Waals surface area (Å²) in [6.45, 7) is 4.19. The standard InChI is InChI=1S/C30H41N3O7/c1-4-5-13-32(14-12-31)27(34)18-33-17-22(21-15-25(38-3)29-26(16-21)39-19-40-29)28(30(35)36)23(33)11-10-20-8-6-7-9-24(20)37-2/h6-9,15-16,22-23,28H,4-5,10-14,17-19,31H2,1-3H3,(H,35,36)/t22-,23+,28?/m1/s1. The third-order valence-corrected chi connectivity index (χ3v) is 7.92. The summed E-state index contributed by atoms with van der Waals surface area (Å²) in [5.41, 5.74) is 7.60. The monoisotopic (exact) mass is 555 g/mol. The summed E-state index contributed by atoms with van der Waals surface area (Å²) in [6.07, 6.45) is 3.02. The van der Waals surface area contributed by atoms with E-state index in [2.05, 4.69) is 6.92 Å². The number of nitrogens with zero attached hydrogens (tertiary/aromatic N) is 2. The Kier molecular flexibility index (Phi) is 10.1. The zero-order valence-corrected chi connectivity index (χ0v) is 23.6. The van der Waals surface area contributed by atoms with Crippen molar-refractivity contribution in [3.8, 4) is 23.0 Å². The molecule has 1 unspecified atom stereocenters. The molecule has 3 N–H and O–H groups in total. The molecule has 0 radical (unpaired) electrons. The van der Waals surface area contributed by atoms with Crippen LogP contribution < -0.4 is 24.7 Å². The number of hydrogen-bond acceptors (Lipinski definition) is 8. The number of unbranched alkanes of at least 4 members (excludes halogenated alkanes) is 1. The Labute approximate surface area is 235 Å². The number of carboxylic acids is 1. The largest absolute Gasteiger partial charge is 0.496 e. The van der Waals surface area contributed by atoms with Gasteiger partial charge in [-0.2, -0.15) is 0 Å². The molecule has 10 heteroatoms. The predicted molar refractivity (Wildman–Crippen MR) is 150 cm³/mol.